The van der Waals surface area contributed by atoms with Crippen LogP contribution in [0.15, 0.2) is 30.7 Å². The molecule has 2 aliphatic rings. The van der Waals surface area contributed by atoms with Gasteiger partial charge in [0.15, 0.2) is 5.82 Å². The van der Waals surface area contributed by atoms with Gasteiger partial charge >= 0.3 is 0 Å². The lowest BCUT2D eigenvalue weighted by molar-refractivity contribution is 0.318. The van der Waals surface area contributed by atoms with E-state index in [1.165, 1.54) is 6.20 Å². The summed E-state index contributed by atoms with van der Waals surface area (Å²) < 4.78 is 30.1. The van der Waals surface area contributed by atoms with Gasteiger partial charge in [-0.3, -0.25) is 9.67 Å². The van der Waals surface area contributed by atoms with E-state index in [1.54, 1.807) is 6.20 Å². The van der Waals surface area contributed by atoms with Gasteiger partial charge in [0.2, 0.25) is 0 Å². The zero-order valence-electron chi connectivity index (χ0n) is 14.1. The van der Waals surface area contributed by atoms with Crippen LogP contribution in [-0.4, -0.2) is 52.1 Å². The average Bonchev–Trinajstić information content (AvgIpc) is 3.22. The zero-order valence-corrected chi connectivity index (χ0v) is 14.1. The Labute approximate surface area is 148 Å². The van der Waals surface area contributed by atoms with Crippen molar-refractivity contribution in [2.45, 2.75) is 18.6 Å². The Bertz CT molecular complexity index is 967. The highest BCUT2D eigenvalue weighted by Gasteiger charge is 2.25. The summed E-state index contributed by atoms with van der Waals surface area (Å²) in [5.41, 5.74) is 2.16. The summed E-state index contributed by atoms with van der Waals surface area (Å²) in [7, 11) is 0. The predicted molar refractivity (Wildman–Crippen MR) is 94.3 cm³/mol. The number of anilines is 1. The Morgan fingerprint density at radius 3 is 2.81 bits per heavy atom. The van der Waals surface area contributed by atoms with E-state index >= 15 is 0 Å². The van der Waals surface area contributed by atoms with Crippen molar-refractivity contribution in [1.82, 2.24) is 25.1 Å². The van der Waals surface area contributed by atoms with Crippen LogP contribution in [0.3, 0.4) is 0 Å². The van der Waals surface area contributed by atoms with Gasteiger partial charge in [0.25, 0.3) is 0 Å². The van der Waals surface area contributed by atoms with Crippen LogP contribution in [-0.2, 0) is 0 Å². The molecular formula is C18H18F2N6. The van der Waals surface area contributed by atoms with Crippen molar-refractivity contribution in [3.63, 3.8) is 0 Å². The van der Waals surface area contributed by atoms with Crippen LogP contribution >= 0.6 is 0 Å². The third-order valence-electron chi connectivity index (χ3n) is 5.13. The molecule has 0 radical (unpaired) electrons. The molecule has 2 aliphatic heterocycles. The fraction of sp³-hybridized carbons (Fsp3) is 0.389. The first-order valence-corrected chi connectivity index (χ1v) is 8.78. The quantitative estimate of drug-likeness (QED) is 0.781. The molecule has 134 valence electrons. The van der Waals surface area contributed by atoms with E-state index in [-0.39, 0.29) is 0 Å². The van der Waals surface area contributed by atoms with E-state index in [0.717, 1.165) is 13.1 Å². The molecule has 26 heavy (non-hydrogen) atoms. The molecule has 2 fully saturated rings. The Kier molecular flexibility index (Phi) is 3.59. The third kappa shape index (κ3) is 2.52. The number of hydrogen-bond donors (Lipinski definition) is 1. The van der Waals surface area contributed by atoms with Crippen molar-refractivity contribution in [2.24, 2.45) is 0 Å². The topological polar surface area (TPSA) is 58.9 Å². The molecule has 0 unspecified atom stereocenters. The molecule has 5 heterocycles. The summed E-state index contributed by atoms with van der Waals surface area (Å²) in [6.45, 7) is 2.67. The van der Waals surface area contributed by atoms with Gasteiger partial charge in [-0.05, 0) is 18.6 Å². The van der Waals surface area contributed by atoms with Crippen LogP contribution in [0.4, 0.5) is 14.6 Å². The van der Waals surface area contributed by atoms with Crippen LogP contribution in [0.2, 0.25) is 0 Å². The van der Waals surface area contributed by atoms with Crippen LogP contribution in [0, 0.1) is 5.82 Å². The second kappa shape index (κ2) is 5.98. The van der Waals surface area contributed by atoms with E-state index in [4.69, 9.17) is 0 Å². The third-order valence-corrected chi connectivity index (χ3v) is 5.13. The summed E-state index contributed by atoms with van der Waals surface area (Å²) in [4.78, 5) is 10.7. The summed E-state index contributed by atoms with van der Waals surface area (Å²) in [6, 6.07) is 3.93. The number of hydrogen-bond acceptors (Lipinski definition) is 5. The van der Waals surface area contributed by atoms with Gasteiger partial charge in [0.05, 0.1) is 36.1 Å². The second-order valence-electron chi connectivity index (χ2n) is 6.87. The van der Waals surface area contributed by atoms with Crippen LogP contribution in [0.5, 0.6) is 0 Å². The SMILES string of the molecule is Fc1cnc2ccc(N3CC[C@H](F)C3)nc2c1-c1cnn(C2CNC2)c1. The van der Waals surface area contributed by atoms with E-state index in [9.17, 15) is 8.78 Å². The Hall–Kier alpha value is -2.61. The first kappa shape index (κ1) is 15.6. The van der Waals surface area contributed by atoms with Gasteiger partial charge in [-0.15, -0.1) is 0 Å². The highest BCUT2D eigenvalue weighted by Crippen LogP contribution is 2.31. The van der Waals surface area contributed by atoms with Crippen molar-refractivity contribution < 1.29 is 8.78 Å². The normalized spacial score (nSPS) is 20.7. The van der Waals surface area contributed by atoms with Gasteiger partial charge in [-0.2, -0.15) is 5.10 Å². The minimum absolute atomic E-state index is 0.300. The minimum atomic E-state index is -0.841. The lowest BCUT2D eigenvalue weighted by atomic mass is 10.1. The number of alkyl halides is 1. The van der Waals surface area contributed by atoms with E-state index < -0.39 is 12.0 Å². The average molecular weight is 356 g/mol. The largest absolute Gasteiger partial charge is 0.354 e. The highest BCUT2D eigenvalue weighted by atomic mass is 19.1. The van der Waals surface area contributed by atoms with Gasteiger partial charge in [0, 0.05) is 31.4 Å². The van der Waals surface area contributed by atoms with Crippen LogP contribution in [0.1, 0.15) is 12.5 Å². The minimum Gasteiger partial charge on any atom is -0.354 e. The molecule has 0 saturated carbocycles. The van der Waals surface area contributed by atoms with Crippen molar-refractivity contribution in [1.29, 1.82) is 0 Å². The molecule has 0 bridgehead atoms. The predicted octanol–water partition coefficient (Wildman–Crippen LogP) is 2.32. The summed E-state index contributed by atoms with van der Waals surface area (Å²) >= 11 is 0. The van der Waals surface area contributed by atoms with Crippen LogP contribution in [0.25, 0.3) is 22.2 Å². The zero-order chi connectivity index (χ0) is 17.7. The number of pyridine rings is 2. The van der Waals surface area contributed by atoms with E-state index in [1.807, 2.05) is 27.9 Å². The summed E-state index contributed by atoms with van der Waals surface area (Å²) in [6.07, 6.45) is 4.39. The molecule has 1 atom stereocenters. The lowest BCUT2D eigenvalue weighted by Crippen LogP contribution is -2.43. The Morgan fingerprint density at radius 2 is 2.08 bits per heavy atom. The number of fused-ring (bicyclic) bond motifs is 1. The molecule has 5 rings (SSSR count). The van der Waals surface area contributed by atoms with Crippen molar-refractivity contribution in [3.05, 3.63) is 36.5 Å². The Morgan fingerprint density at radius 1 is 1.19 bits per heavy atom. The number of halogens is 2. The maximum atomic E-state index is 14.7. The molecule has 6 nitrogen and oxygen atoms in total. The van der Waals surface area contributed by atoms with E-state index in [2.05, 4.69) is 20.4 Å². The second-order valence-corrected chi connectivity index (χ2v) is 6.87. The first-order valence-electron chi connectivity index (χ1n) is 8.78. The van der Waals surface area contributed by atoms with Crippen molar-refractivity contribution in [3.8, 4) is 11.1 Å². The highest BCUT2D eigenvalue weighted by molar-refractivity contribution is 5.92. The monoisotopic (exact) mass is 356 g/mol. The molecule has 2 saturated heterocycles. The number of aromatic nitrogens is 4. The van der Waals surface area contributed by atoms with Crippen LogP contribution < -0.4 is 10.2 Å². The molecule has 0 aliphatic carbocycles. The number of rotatable bonds is 3. The van der Waals surface area contributed by atoms with Crippen molar-refractivity contribution >= 4 is 16.9 Å². The standard InChI is InChI=1S/C18H18F2N6/c19-12-3-4-25(10-12)16-2-1-15-18(24-16)17(14(20)8-22-15)11-5-23-26(9-11)13-6-21-7-13/h1-2,5,8-9,12-13,21H,3-4,6-7,10H2/t12-/m0/s1. The van der Waals surface area contributed by atoms with E-state index in [0.29, 0.717) is 53.5 Å². The fourth-order valence-corrected chi connectivity index (χ4v) is 3.54. The molecule has 0 spiro atoms. The fourth-order valence-electron chi connectivity index (χ4n) is 3.54. The molecule has 3 aromatic heterocycles. The Balaban J connectivity index is 1.60. The van der Waals surface area contributed by atoms with Crippen molar-refractivity contribution in [2.75, 3.05) is 31.1 Å². The lowest BCUT2D eigenvalue weighted by Gasteiger charge is -2.27. The maximum absolute atomic E-state index is 14.7. The molecule has 0 aromatic carbocycles. The van der Waals surface area contributed by atoms with Gasteiger partial charge in [-0.1, -0.05) is 0 Å². The molecule has 1 N–H and O–H groups in total. The smallest absolute Gasteiger partial charge is 0.151 e. The maximum Gasteiger partial charge on any atom is 0.151 e. The molecule has 0 amide bonds. The van der Waals surface area contributed by atoms with Gasteiger partial charge in [-0.25, -0.2) is 13.8 Å². The number of nitrogens with one attached hydrogen (secondary N) is 1. The molecule has 3 aromatic rings. The van der Waals surface area contributed by atoms with Gasteiger partial charge < -0.3 is 10.2 Å². The summed E-state index contributed by atoms with van der Waals surface area (Å²) in [5, 5.41) is 7.57. The molecular weight excluding hydrogens is 338 g/mol. The summed E-state index contributed by atoms with van der Waals surface area (Å²) in [5.74, 6) is 0.222. The first-order chi connectivity index (χ1) is 12.7. The number of nitrogens with zero attached hydrogens (tertiary/aromatic N) is 5. The molecule has 8 heteroatoms. The van der Waals surface area contributed by atoms with Gasteiger partial charge in [0.1, 0.15) is 17.5 Å².